The first kappa shape index (κ1) is 12.6. The van der Waals surface area contributed by atoms with E-state index in [4.69, 9.17) is 5.73 Å². The lowest BCUT2D eigenvalue weighted by atomic mass is 9.97. The van der Waals surface area contributed by atoms with Gasteiger partial charge in [0.2, 0.25) is 0 Å². The van der Waals surface area contributed by atoms with Gasteiger partial charge in [0.15, 0.2) is 0 Å². The monoisotopic (exact) mass is 221 g/mol. The van der Waals surface area contributed by atoms with Gasteiger partial charge in [0.25, 0.3) is 5.91 Å². The number of hydrogen-bond acceptors (Lipinski definition) is 3. The molecule has 0 atom stereocenters. The van der Waals surface area contributed by atoms with Crippen LogP contribution in [0.4, 0.5) is 0 Å². The van der Waals surface area contributed by atoms with Crippen molar-refractivity contribution in [2.24, 2.45) is 11.1 Å². The van der Waals surface area contributed by atoms with Crippen LogP contribution in [0.2, 0.25) is 0 Å². The van der Waals surface area contributed by atoms with E-state index in [-0.39, 0.29) is 11.3 Å². The molecule has 1 amide bonds. The molecule has 0 bridgehead atoms. The van der Waals surface area contributed by atoms with E-state index in [9.17, 15) is 4.79 Å². The maximum atomic E-state index is 11.7. The molecule has 1 aromatic heterocycles. The number of carbonyl (C=O) groups is 1. The second-order valence-corrected chi connectivity index (χ2v) is 5.00. The van der Waals surface area contributed by atoms with Crippen LogP contribution in [-0.4, -0.2) is 17.4 Å². The maximum Gasteiger partial charge on any atom is 0.269 e. The number of carbonyl (C=O) groups excluding carboxylic acids is 1. The summed E-state index contributed by atoms with van der Waals surface area (Å²) in [6.45, 7) is 7.24. The van der Waals surface area contributed by atoms with Gasteiger partial charge in [-0.3, -0.25) is 9.78 Å². The Kier molecular flexibility index (Phi) is 4.01. The molecule has 0 aliphatic rings. The van der Waals surface area contributed by atoms with Crippen molar-refractivity contribution in [3.8, 4) is 0 Å². The van der Waals surface area contributed by atoms with Crippen molar-refractivity contribution in [1.29, 1.82) is 0 Å². The highest BCUT2D eigenvalue weighted by Crippen LogP contribution is 2.10. The van der Waals surface area contributed by atoms with Crippen LogP contribution in [0.5, 0.6) is 0 Å². The molecule has 3 N–H and O–H groups in total. The second-order valence-electron chi connectivity index (χ2n) is 5.00. The van der Waals surface area contributed by atoms with E-state index in [2.05, 4.69) is 31.1 Å². The van der Waals surface area contributed by atoms with Crippen LogP contribution in [0, 0.1) is 5.41 Å². The first-order chi connectivity index (χ1) is 7.42. The number of hydrogen-bond donors (Lipinski definition) is 2. The van der Waals surface area contributed by atoms with Crippen molar-refractivity contribution >= 4 is 5.91 Å². The van der Waals surface area contributed by atoms with E-state index >= 15 is 0 Å². The van der Waals surface area contributed by atoms with E-state index in [0.717, 1.165) is 5.56 Å². The Morgan fingerprint density at radius 2 is 2.19 bits per heavy atom. The SMILES string of the molecule is CC(C)(C)CNC(=O)c1cc(CN)ccn1. The van der Waals surface area contributed by atoms with E-state index in [0.29, 0.717) is 18.8 Å². The van der Waals surface area contributed by atoms with Crippen molar-refractivity contribution in [3.63, 3.8) is 0 Å². The van der Waals surface area contributed by atoms with E-state index < -0.39 is 0 Å². The lowest BCUT2D eigenvalue weighted by Gasteiger charge is -2.18. The Morgan fingerprint density at radius 3 is 2.75 bits per heavy atom. The fourth-order valence-electron chi connectivity index (χ4n) is 1.16. The quantitative estimate of drug-likeness (QED) is 0.808. The van der Waals surface area contributed by atoms with Crippen molar-refractivity contribution in [2.75, 3.05) is 6.54 Å². The van der Waals surface area contributed by atoms with Gasteiger partial charge in [-0.25, -0.2) is 0 Å². The largest absolute Gasteiger partial charge is 0.350 e. The summed E-state index contributed by atoms with van der Waals surface area (Å²) in [5.74, 6) is -0.148. The van der Waals surface area contributed by atoms with Gasteiger partial charge in [-0.2, -0.15) is 0 Å². The van der Waals surface area contributed by atoms with Crippen molar-refractivity contribution < 1.29 is 4.79 Å². The van der Waals surface area contributed by atoms with Crippen LogP contribution in [0.3, 0.4) is 0 Å². The minimum atomic E-state index is -0.148. The maximum absolute atomic E-state index is 11.7. The number of rotatable bonds is 3. The zero-order valence-electron chi connectivity index (χ0n) is 10.1. The van der Waals surface area contributed by atoms with Crippen LogP contribution in [0.25, 0.3) is 0 Å². The Bertz CT molecular complexity index is 369. The van der Waals surface area contributed by atoms with Crippen molar-refractivity contribution in [1.82, 2.24) is 10.3 Å². The summed E-state index contributed by atoms with van der Waals surface area (Å²) in [7, 11) is 0. The fraction of sp³-hybridized carbons (Fsp3) is 0.500. The molecule has 16 heavy (non-hydrogen) atoms. The molecule has 4 heteroatoms. The molecule has 0 aliphatic heterocycles. The Labute approximate surface area is 96.3 Å². The van der Waals surface area contributed by atoms with Crippen LogP contribution < -0.4 is 11.1 Å². The lowest BCUT2D eigenvalue weighted by molar-refractivity contribution is 0.0934. The topological polar surface area (TPSA) is 68.0 Å². The highest BCUT2D eigenvalue weighted by atomic mass is 16.1. The molecule has 0 aromatic carbocycles. The van der Waals surface area contributed by atoms with Gasteiger partial charge in [-0.05, 0) is 23.1 Å². The number of aromatic nitrogens is 1. The van der Waals surface area contributed by atoms with Gasteiger partial charge in [-0.1, -0.05) is 20.8 Å². The van der Waals surface area contributed by atoms with Gasteiger partial charge in [0, 0.05) is 19.3 Å². The molecule has 88 valence electrons. The van der Waals surface area contributed by atoms with Crippen molar-refractivity contribution in [3.05, 3.63) is 29.6 Å². The smallest absolute Gasteiger partial charge is 0.269 e. The highest BCUT2D eigenvalue weighted by molar-refractivity contribution is 5.92. The molecule has 4 nitrogen and oxygen atoms in total. The first-order valence-electron chi connectivity index (χ1n) is 5.35. The fourth-order valence-corrected chi connectivity index (χ4v) is 1.16. The number of pyridine rings is 1. The average molecular weight is 221 g/mol. The van der Waals surface area contributed by atoms with Crippen molar-refractivity contribution in [2.45, 2.75) is 27.3 Å². The van der Waals surface area contributed by atoms with Crippen LogP contribution in [0.15, 0.2) is 18.3 Å². The Hall–Kier alpha value is -1.42. The molecule has 0 aliphatic carbocycles. The van der Waals surface area contributed by atoms with Crippen LogP contribution in [-0.2, 0) is 6.54 Å². The Morgan fingerprint density at radius 1 is 1.50 bits per heavy atom. The standard InChI is InChI=1S/C12H19N3O/c1-12(2,3)8-15-11(16)10-6-9(7-13)4-5-14-10/h4-6H,7-8,13H2,1-3H3,(H,15,16). The van der Waals surface area contributed by atoms with Gasteiger partial charge < -0.3 is 11.1 Å². The van der Waals surface area contributed by atoms with Crippen LogP contribution in [0.1, 0.15) is 36.8 Å². The molecule has 0 fully saturated rings. The molecule has 0 spiro atoms. The van der Waals surface area contributed by atoms with Crippen LogP contribution >= 0.6 is 0 Å². The number of nitrogens with zero attached hydrogens (tertiary/aromatic N) is 1. The summed E-state index contributed by atoms with van der Waals surface area (Å²) < 4.78 is 0. The highest BCUT2D eigenvalue weighted by Gasteiger charge is 2.13. The Balaban J connectivity index is 2.66. The van der Waals surface area contributed by atoms with E-state index in [1.165, 1.54) is 0 Å². The zero-order chi connectivity index (χ0) is 12.2. The molecule has 0 saturated heterocycles. The molecular weight excluding hydrogens is 202 g/mol. The van der Waals surface area contributed by atoms with Gasteiger partial charge in [0.05, 0.1) is 0 Å². The predicted molar refractivity (Wildman–Crippen MR) is 63.9 cm³/mol. The third-order valence-corrected chi connectivity index (χ3v) is 2.07. The normalized spacial score (nSPS) is 11.2. The zero-order valence-corrected chi connectivity index (χ0v) is 10.1. The van der Waals surface area contributed by atoms with Gasteiger partial charge >= 0.3 is 0 Å². The summed E-state index contributed by atoms with van der Waals surface area (Å²) in [6.07, 6.45) is 1.61. The number of nitrogens with two attached hydrogens (primary N) is 1. The molecule has 0 saturated carbocycles. The lowest BCUT2D eigenvalue weighted by Crippen LogP contribution is -2.32. The third kappa shape index (κ3) is 3.98. The number of nitrogens with one attached hydrogen (secondary N) is 1. The molecule has 0 radical (unpaired) electrons. The molecule has 1 heterocycles. The summed E-state index contributed by atoms with van der Waals surface area (Å²) in [5.41, 5.74) is 6.91. The molecular formula is C12H19N3O. The second kappa shape index (κ2) is 5.07. The minimum absolute atomic E-state index is 0.0706. The summed E-state index contributed by atoms with van der Waals surface area (Å²) in [5, 5.41) is 2.85. The number of amides is 1. The predicted octanol–water partition coefficient (Wildman–Crippen LogP) is 1.32. The average Bonchev–Trinajstić information content (AvgIpc) is 2.25. The summed E-state index contributed by atoms with van der Waals surface area (Å²) in [6, 6.07) is 3.53. The molecule has 1 aromatic rings. The molecule has 1 rings (SSSR count). The van der Waals surface area contributed by atoms with Gasteiger partial charge in [0.1, 0.15) is 5.69 Å². The summed E-state index contributed by atoms with van der Waals surface area (Å²) >= 11 is 0. The van der Waals surface area contributed by atoms with E-state index in [1.54, 1.807) is 18.3 Å². The minimum Gasteiger partial charge on any atom is -0.350 e. The third-order valence-electron chi connectivity index (χ3n) is 2.07. The first-order valence-corrected chi connectivity index (χ1v) is 5.35. The van der Waals surface area contributed by atoms with Gasteiger partial charge in [-0.15, -0.1) is 0 Å². The van der Waals surface area contributed by atoms with E-state index in [1.807, 2.05) is 0 Å². The molecule has 0 unspecified atom stereocenters. The summed E-state index contributed by atoms with van der Waals surface area (Å²) in [4.78, 5) is 15.8.